The topological polar surface area (TPSA) is 92.5 Å². The lowest BCUT2D eigenvalue weighted by molar-refractivity contribution is -0.131. The van der Waals surface area contributed by atoms with E-state index in [9.17, 15) is 17.6 Å². The number of nitrogens with one attached hydrogen (secondary N) is 1. The van der Waals surface area contributed by atoms with Crippen molar-refractivity contribution >= 4 is 21.6 Å². The second kappa shape index (κ2) is 6.19. The molecule has 0 aromatic heterocycles. The molecule has 0 aliphatic rings. The van der Waals surface area contributed by atoms with Gasteiger partial charge in [-0.25, -0.2) is 12.8 Å². The van der Waals surface area contributed by atoms with E-state index in [1.54, 1.807) is 14.0 Å². The van der Waals surface area contributed by atoms with Crippen LogP contribution in [0.2, 0.25) is 0 Å². The number of carbonyl (C=O) groups is 1. The number of amides is 1. The number of nitrogens with two attached hydrogens (primary N) is 1. The Bertz CT molecular complexity index is 604. The number of sulfonamides is 1. The van der Waals surface area contributed by atoms with Crippen molar-refractivity contribution in [3.63, 3.8) is 0 Å². The Labute approximate surface area is 117 Å². The number of nitrogen functional groups attached to an aromatic ring is 1. The second-order valence-corrected chi connectivity index (χ2v) is 6.07. The van der Waals surface area contributed by atoms with Crippen LogP contribution in [0.3, 0.4) is 0 Å². The van der Waals surface area contributed by atoms with Crippen molar-refractivity contribution in [3.8, 4) is 0 Å². The summed E-state index contributed by atoms with van der Waals surface area (Å²) in [5.74, 6) is -1.32. The van der Waals surface area contributed by atoms with Crippen LogP contribution in [0.5, 0.6) is 0 Å². The van der Waals surface area contributed by atoms with E-state index in [1.807, 2.05) is 0 Å². The zero-order valence-electron chi connectivity index (χ0n) is 11.6. The summed E-state index contributed by atoms with van der Waals surface area (Å²) in [5, 5.41) is 0. The molecule has 1 aromatic carbocycles. The van der Waals surface area contributed by atoms with E-state index in [-0.39, 0.29) is 5.69 Å². The van der Waals surface area contributed by atoms with E-state index in [0.29, 0.717) is 6.54 Å². The van der Waals surface area contributed by atoms with Gasteiger partial charge >= 0.3 is 0 Å². The van der Waals surface area contributed by atoms with Gasteiger partial charge in [0, 0.05) is 19.3 Å². The van der Waals surface area contributed by atoms with E-state index >= 15 is 0 Å². The zero-order chi connectivity index (χ0) is 15.5. The maximum Gasteiger partial charge on any atom is 0.244 e. The number of likely N-dealkylation sites (N-methyl/N-ethyl adjacent to an activating group) is 1. The molecule has 0 heterocycles. The van der Waals surface area contributed by atoms with E-state index < -0.39 is 32.7 Å². The number of halogens is 1. The molecule has 20 heavy (non-hydrogen) atoms. The fourth-order valence-electron chi connectivity index (χ4n) is 1.56. The first-order valence-corrected chi connectivity index (χ1v) is 7.49. The fourth-order valence-corrected chi connectivity index (χ4v) is 2.87. The molecule has 0 aliphatic carbocycles. The average molecular weight is 303 g/mol. The number of anilines is 1. The summed E-state index contributed by atoms with van der Waals surface area (Å²) >= 11 is 0. The van der Waals surface area contributed by atoms with E-state index in [0.717, 1.165) is 12.1 Å². The predicted molar refractivity (Wildman–Crippen MR) is 73.9 cm³/mol. The molecule has 6 nitrogen and oxygen atoms in total. The van der Waals surface area contributed by atoms with Gasteiger partial charge in [-0.15, -0.1) is 0 Å². The van der Waals surface area contributed by atoms with Crippen molar-refractivity contribution in [2.45, 2.75) is 24.8 Å². The van der Waals surface area contributed by atoms with Crippen LogP contribution in [-0.2, 0) is 14.8 Å². The molecule has 112 valence electrons. The average Bonchev–Trinajstić information content (AvgIpc) is 2.39. The highest BCUT2D eigenvalue weighted by Gasteiger charge is 2.26. The summed E-state index contributed by atoms with van der Waals surface area (Å²) in [7, 11) is -2.60. The SMILES string of the molecule is CCN(C)C(=O)C(C)NS(=O)(=O)c1cc(N)ccc1F. The molecule has 1 amide bonds. The molecule has 0 bridgehead atoms. The summed E-state index contributed by atoms with van der Waals surface area (Å²) in [6.07, 6.45) is 0. The van der Waals surface area contributed by atoms with Gasteiger partial charge in [0.2, 0.25) is 15.9 Å². The lowest BCUT2D eigenvalue weighted by atomic mass is 10.3. The molecular weight excluding hydrogens is 285 g/mol. The minimum atomic E-state index is -4.15. The van der Waals surface area contributed by atoms with Gasteiger partial charge in [0.1, 0.15) is 10.7 Å². The molecular formula is C12H18FN3O3S. The van der Waals surface area contributed by atoms with Gasteiger partial charge in [-0.3, -0.25) is 4.79 Å². The number of benzene rings is 1. The number of hydrogen-bond donors (Lipinski definition) is 2. The Kier molecular flexibility index (Phi) is 5.07. The van der Waals surface area contributed by atoms with Gasteiger partial charge in [-0.1, -0.05) is 0 Å². The lowest BCUT2D eigenvalue weighted by Crippen LogP contribution is -2.45. The van der Waals surface area contributed by atoms with Crippen molar-refractivity contribution in [1.29, 1.82) is 0 Å². The minimum absolute atomic E-state index is 0.122. The van der Waals surface area contributed by atoms with E-state index in [1.165, 1.54) is 17.9 Å². The summed E-state index contributed by atoms with van der Waals surface area (Å²) in [6.45, 7) is 3.60. The lowest BCUT2D eigenvalue weighted by Gasteiger charge is -2.20. The maximum absolute atomic E-state index is 13.6. The molecule has 8 heteroatoms. The van der Waals surface area contributed by atoms with Crippen LogP contribution < -0.4 is 10.5 Å². The van der Waals surface area contributed by atoms with Gasteiger partial charge in [-0.05, 0) is 32.0 Å². The van der Waals surface area contributed by atoms with Gasteiger partial charge in [0.15, 0.2) is 0 Å². The smallest absolute Gasteiger partial charge is 0.244 e. The Morgan fingerprint density at radius 2 is 2.10 bits per heavy atom. The van der Waals surface area contributed by atoms with Crippen LogP contribution in [0.4, 0.5) is 10.1 Å². The van der Waals surface area contributed by atoms with Crippen LogP contribution >= 0.6 is 0 Å². The first-order chi connectivity index (χ1) is 9.19. The molecule has 0 radical (unpaired) electrons. The van der Waals surface area contributed by atoms with Crippen LogP contribution in [0.25, 0.3) is 0 Å². The van der Waals surface area contributed by atoms with Gasteiger partial charge < -0.3 is 10.6 Å². The monoisotopic (exact) mass is 303 g/mol. The molecule has 0 spiro atoms. The Morgan fingerprint density at radius 3 is 2.65 bits per heavy atom. The fraction of sp³-hybridized carbons (Fsp3) is 0.417. The predicted octanol–water partition coefficient (Wildman–Crippen LogP) is 0.553. The number of hydrogen-bond acceptors (Lipinski definition) is 4. The second-order valence-electron chi connectivity index (χ2n) is 4.39. The number of nitrogens with zero attached hydrogens (tertiary/aromatic N) is 1. The molecule has 0 saturated heterocycles. The highest BCUT2D eigenvalue weighted by atomic mass is 32.2. The molecule has 3 N–H and O–H groups in total. The number of carbonyl (C=O) groups excluding carboxylic acids is 1. The summed E-state index contributed by atoms with van der Waals surface area (Å²) in [6, 6.07) is 2.24. The van der Waals surface area contributed by atoms with Crippen molar-refractivity contribution in [2.24, 2.45) is 0 Å². The van der Waals surface area contributed by atoms with Crippen LogP contribution in [-0.4, -0.2) is 38.9 Å². The van der Waals surface area contributed by atoms with Crippen molar-refractivity contribution < 1.29 is 17.6 Å². The molecule has 1 aromatic rings. The van der Waals surface area contributed by atoms with Crippen LogP contribution in [0.15, 0.2) is 23.1 Å². The zero-order valence-corrected chi connectivity index (χ0v) is 12.4. The standard InChI is InChI=1S/C12H18FN3O3S/c1-4-16(3)12(17)8(2)15-20(18,19)11-7-9(14)5-6-10(11)13/h5-8,15H,4,14H2,1-3H3. The van der Waals surface area contributed by atoms with Crippen LogP contribution in [0, 0.1) is 5.82 Å². The largest absolute Gasteiger partial charge is 0.399 e. The summed E-state index contributed by atoms with van der Waals surface area (Å²) in [4.78, 5) is 12.6. The van der Waals surface area contributed by atoms with Gasteiger partial charge in [0.05, 0.1) is 6.04 Å². The third-order valence-corrected chi connectivity index (χ3v) is 4.35. The van der Waals surface area contributed by atoms with E-state index in [2.05, 4.69) is 4.72 Å². The molecule has 1 unspecified atom stereocenters. The van der Waals surface area contributed by atoms with Crippen molar-refractivity contribution in [2.75, 3.05) is 19.3 Å². The maximum atomic E-state index is 13.6. The highest BCUT2D eigenvalue weighted by Crippen LogP contribution is 2.17. The first-order valence-electron chi connectivity index (χ1n) is 6.01. The normalized spacial score (nSPS) is 13.0. The quantitative estimate of drug-likeness (QED) is 0.777. The van der Waals surface area contributed by atoms with Gasteiger partial charge in [-0.2, -0.15) is 4.72 Å². The number of rotatable bonds is 5. The Hall–Kier alpha value is -1.67. The van der Waals surface area contributed by atoms with Crippen LogP contribution in [0.1, 0.15) is 13.8 Å². The minimum Gasteiger partial charge on any atom is -0.399 e. The summed E-state index contributed by atoms with van der Waals surface area (Å²) in [5.41, 5.74) is 5.57. The molecule has 1 rings (SSSR count). The third kappa shape index (κ3) is 3.67. The Morgan fingerprint density at radius 1 is 1.50 bits per heavy atom. The molecule has 0 aliphatic heterocycles. The van der Waals surface area contributed by atoms with Crippen molar-refractivity contribution in [1.82, 2.24) is 9.62 Å². The van der Waals surface area contributed by atoms with E-state index in [4.69, 9.17) is 5.73 Å². The third-order valence-electron chi connectivity index (χ3n) is 2.80. The van der Waals surface area contributed by atoms with Gasteiger partial charge in [0.25, 0.3) is 0 Å². The van der Waals surface area contributed by atoms with Crippen molar-refractivity contribution in [3.05, 3.63) is 24.0 Å². The molecule has 0 saturated carbocycles. The Balaban J connectivity index is 3.01. The highest BCUT2D eigenvalue weighted by molar-refractivity contribution is 7.89. The molecule has 0 fully saturated rings. The summed E-state index contributed by atoms with van der Waals surface area (Å²) < 4.78 is 39.8. The first kappa shape index (κ1) is 16.4. The molecule has 1 atom stereocenters.